The van der Waals surface area contributed by atoms with E-state index in [9.17, 15) is 0 Å². The van der Waals surface area contributed by atoms with E-state index in [2.05, 4.69) is 196 Å². The first-order chi connectivity index (χ1) is 28.8. The molecule has 274 valence electrons. The minimum atomic E-state index is 0.661. The highest BCUT2D eigenvalue weighted by molar-refractivity contribution is 7.27. The topological polar surface area (TPSA) is 38.7 Å². The highest BCUT2D eigenvalue weighted by Crippen LogP contribution is 2.40. The van der Waals surface area contributed by atoms with Crippen LogP contribution in [-0.4, -0.2) is 101 Å². The first-order valence-corrected chi connectivity index (χ1v) is 21.8. The molecular formula is C45H40B11N3S. The number of thiophene rings is 1. The van der Waals surface area contributed by atoms with Crippen molar-refractivity contribution in [2.45, 2.75) is 0 Å². The van der Waals surface area contributed by atoms with E-state index in [1.165, 1.54) is 103 Å². The highest BCUT2D eigenvalue weighted by atomic mass is 32.1. The largest absolute Gasteiger partial charge is 0.208 e. The summed E-state index contributed by atoms with van der Waals surface area (Å²) in [6.07, 6.45) is 0. The second-order valence-electron chi connectivity index (χ2n) is 16.7. The Morgan fingerprint density at radius 1 is 0.267 bits per heavy atom. The van der Waals surface area contributed by atoms with Crippen molar-refractivity contribution in [3.05, 3.63) is 109 Å². The van der Waals surface area contributed by atoms with Gasteiger partial charge in [0.1, 0.15) is 86.3 Å². The van der Waals surface area contributed by atoms with Gasteiger partial charge in [0.05, 0.1) is 0 Å². The second kappa shape index (κ2) is 15.5. The molecule has 0 saturated heterocycles. The molecule has 0 unspecified atom stereocenters. The summed E-state index contributed by atoms with van der Waals surface area (Å²) < 4.78 is 2.58. The molecule has 9 aromatic rings. The SMILES string of the molecule is Bc1c(B)c(B)c(-c2c(B)c(B)c(B)c3c2sc2c(-c4nc(-c5ccc(-c6ccccc6)cc5)nc(-c5ccc(-c6ccccc6)cc5)n4)c(B)c(B)c(B)c23)c(B)c1B. The summed E-state index contributed by atoms with van der Waals surface area (Å²) in [5.74, 6) is 2.02. The Kier molecular flexibility index (Phi) is 10.3. The predicted octanol–water partition coefficient (Wildman–Crippen LogP) is -6.92. The van der Waals surface area contributed by atoms with Crippen LogP contribution in [0.3, 0.4) is 0 Å². The van der Waals surface area contributed by atoms with Gasteiger partial charge in [-0.1, -0.05) is 147 Å². The van der Waals surface area contributed by atoms with Gasteiger partial charge in [0.15, 0.2) is 17.5 Å². The third kappa shape index (κ3) is 6.48. The van der Waals surface area contributed by atoms with E-state index in [0.29, 0.717) is 17.5 Å². The van der Waals surface area contributed by atoms with Crippen molar-refractivity contribution in [2.75, 3.05) is 0 Å². The first-order valence-electron chi connectivity index (χ1n) is 21.0. The number of hydrogen-bond donors (Lipinski definition) is 0. The highest BCUT2D eigenvalue weighted by Gasteiger charge is 2.26. The van der Waals surface area contributed by atoms with Crippen molar-refractivity contribution in [2.24, 2.45) is 0 Å². The van der Waals surface area contributed by atoms with Crippen molar-refractivity contribution < 1.29 is 0 Å². The smallest absolute Gasteiger partial charge is 0.164 e. The molecule has 0 aliphatic carbocycles. The van der Waals surface area contributed by atoms with Gasteiger partial charge in [0.25, 0.3) is 0 Å². The van der Waals surface area contributed by atoms with Crippen molar-refractivity contribution in [1.29, 1.82) is 0 Å². The lowest BCUT2D eigenvalue weighted by Gasteiger charge is -2.24. The molecule has 0 radical (unpaired) electrons. The lowest BCUT2D eigenvalue weighted by atomic mass is 9.58. The molecule has 9 rings (SSSR count). The fraction of sp³-hybridized carbons (Fsp3) is 0. The molecule has 60 heavy (non-hydrogen) atoms. The van der Waals surface area contributed by atoms with Crippen molar-refractivity contribution in [1.82, 2.24) is 15.0 Å². The summed E-state index contributed by atoms with van der Waals surface area (Å²) >= 11 is 1.91. The Morgan fingerprint density at radius 3 is 1.00 bits per heavy atom. The molecule has 0 aliphatic rings. The van der Waals surface area contributed by atoms with Crippen LogP contribution in [0.2, 0.25) is 0 Å². The molecule has 0 bridgehead atoms. The van der Waals surface area contributed by atoms with Crippen LogP contribution in [0.5, 0.6) is 0 Å². The quantitative estimate of drug-likeness (QED) is 0.158. The molecule has 0 amide bonds. The van der Waals surface area contributed by atoms with E-state index in [-0.39, 0.29) is 0 Å². The van der Waals surface area contributed by atoms with E-state index in [1.807, 2.05) is 11.3 Å². The molecule has 2 heterocycles. The third-order valence-corrected chi connectivity index (χ3v) is 14.9. The standard InChI is InChI=1S/C45H40B11N3S/c46-30-25(31(47)39(55)40(56)38(30)54)26-32(48)36(52)33(49)27-28-34(50)37(53)35(51)29(42(28)60-41(26)27)45-58-43(23-15-11-21(12-16-23)19-7-3-1-4-8-19)57-44(59-45)24-17-13-22(14-18-24)20-9-5-2-6-10-20/h1-18H,46-56H2. The van der Waals surface area contributed by atoms with Crippen LogP contribution in [0.1, 0.15) is 0 Å². The lowest BCUT2D eigenvalue weighted by Crippen LogP contribution is -2.56. The average molecular weight is 774 g/mol. The zero-order valence-electron chi connectivity index (χ0n) is 36.6. The fourth-order valence-corrected chi connectivity index (χ4v) is 10.9. The molecule has 0 spiro atoms. The predicted molar refractivity (Wildman–Crippen MR) is 295 cm³/mol. The Morgan fingerprint density at radius 2 is 0.567 bits per heavy atom. The summed E-state index contributed by atoms with van der Waals surface area (Å²) in [7, 11) is 25.2. The van der Waals surface area contributed by atoms with Crippen molar-refractivity contribution >= 4 is 178 Å². The van der Waals surface area contributed by atoms with Gasteiger partial charge in [-0.15, -0.1) is 33.2 Å². The number of hydrogen-bond acceptors (Lipinski definition) is 4. The molecule has 0 N–H and O–H groups in total. The van der Waals surface area contributed by atoms with Crippen LogP contribution >= 0.6 is 11.3 Å². The summed E-state index contributed by atoms with van der Waals surface area (Å²) in [4.78, 5) is 16.0. The summed E-state index contributed by atoms with van der Waals surface area (Å²) in [6, 6.07) is 38.2. The van der Waals surface area contributed by atoms with E-state index in [1.54, 1.807) is 0 Å². The monoisotopic (exact) mass is 775 g/mol. The van der Waals surface area contributed by atoms with E-state index in [0.717, 1.165) is 27.8 Å². The molecule has 7 aromatic carbocycles. The average Bonchev–Trinajstić information content (AvgIpc) is 3.68. The van der Waals surface area contributed by atoms with Gasteiger partial charge in [0.2, 0.25) is 0 Å². The molecule has 0 saturated carbocycles. The molecule has 15 heteroatoms. The van der Waals surface area contributed by atoms with Crippen molar-refractivity contribution in [3.8, 4) is 67.5 Å². The van der Waals surface area contributed by atoms with Crippen LogP contribution in [-0.2, 0) is 0 Å². The minimum absolute atomic E-state index is 0.661. The number of rotatable bonds is 6. The molecular weight excluding hydrogens is 734 g/mol. The number of aromatic nitrogens is 3. The second-order valence-corrected chi connectivity index (χ2v) is 17.7. The van der Waals surface area contributed by atoms with Gasteiger partial charge in [-0.3, -0.25) is 0 Å². The minimum Gasteiger partial charge on any atom is -0.208 e. The summed E-state index contributed by atoms with van der Waals surface area (Å²) in [5, 5.41) is 2.67. The van der Waals surface area contributed by atoms with E-state index in [4.69, 9.17) is 15.0 Å². The lowest BCUT2D eigenvalue weighted by molar-refractivity contribution is 1.08. The molecule has 3 nitrogen and oxygen atoms in total. The molecule has 2 aromatic heterocycles. The number of fused-ring (bicyclic) bond motifs is 3. The van der Waals surface area contributed by atoms with Gasteiger partial charge < -0.3 is 0 Å². The maximum atomic E-state index is 5.40. The van der Waals surface area contributed by atoms with Crippen molar-refractivity contribution in [3.63, 3.8) is 0 Å². The number of benzene rings is 7. The maximum absolute atomic E-state index is 5.40. The Balaban J connectivity index is 1.33. The molecule has 0 fully saturated rings. The Bertz CT molecular complexity index is 3060. The van der Waals surface area contributed by atoms with E-state index >= 15 is 0 Å². The van der Waals surface area contributed by atoms with Gasteiger partial charge in [0, 0.05) is 26.1 Å². The number of nitrogens with zero attached hydrogens (tertiary/aromatic N) is 3. The van der Waals surface area contributed by atoms with Gasteiger partial charge >= 0.3 is 0 Å². The zero-order chi connectivity index (χ0) is 42.1. The van der Waals surface area contributed by atoms with E-state index < -0.39 is 0 Å². The van der Waals surface area contributed by atoms with Crippen LogP contribution < -0.4 is 60.1 Å². The molecule has 0 atom stereocenters. The summed E-state index contributed by atoms with van der Waals surface area (Å²) in [5.41, 5.74) is 25.1. The normalized spacial score (nSPS) is 11.4. The van der Waals surface area contributed by atoms with Gasteiger partial charge in [-0.2, -0.15) is 0 Å². The fourth-order valence-electron chi connectivity index (χ4n) is 9.23. The maximum Gasteiger partial charge on any atom is 0.164 e. The summed E-state index contributed by atoms with van der Waals surface area (Å²) in [6.45, 7) is 0. The van der Waals surface area contributed by atoms with Crippen LogP contribution in [0.15, 0.2) is 109 Å². The van der Waals surface area contributed by atoms with Gasteiger partial charge in [-0.25, -0.2) is 15.0 Å². The Labute approximate surface area is 367 Å². The Hall–Kier alpha value is -5.52. The third-order valence-electron chi connectivity index (χ3n) is 13.7. The van der Waals surface area contributed by atoms with Crippen LogP contribution in [0, 0.1) is 0 Å². The van der Waals surface area contributed by atoms with Crippen LogP contribution in [0.4, 0.5) is 0 Å². The first kappa shape index (κ1) is 39.9. The zero-order valence-corrected chi connectivity index (χ0v) is 37.5. The molecule has 0 aliphatic heterocycles. The van der Waals surface area contributed by atoms with Crippen LogP contribution in [0.25, 0.3) is 87.7 Å². The van der Waals surface area contributed by atoms with Gasteiger partial charge in [-0.05, 0) is 44.2 Å².